The molecular weight excluding hydrogens is 248 g/mol. The Morgan fingerprint density at radius 3 is 2.85 bits per heavy atom. The molecule has 1 aromatic carbocycles. The number of piperidine rings is 1. The topological polar surface area (TPSA) is 24.5 Å². The van der Waals surface area contributed by atoms with Gasteiger partial charge in [-0.3, -0.25) is 4.90 Å². The van der Waals surface area contributed by atoms with E-state index in [2.05, 4.69) is 47.5 Å². The summed E-state index contributed by atoms with van der Waals surface area (Å²) < 4.78 is 5.96. The molecule has 20 heavy (non-hydrogen) atoms. The summed E-state index contributed by atoms with van der Waals surface area (Å²) in [7, 11) is 2.03. The number of likely N-dealkylation sites (tertiary alicyclic amines) is 1. The molecule has 1 fully saturated rings. The van der Waals surface area contributed by atoms with Crippen LogP contribution in [0.2, 0.25) is 0 Å². The smallest absolute Gasteiger partial charge is 0.0702 e. The second kappa shape index (κ2) is 8.40. The fraction of sp³-hybridized carbons (Fsp3) is 0.647. The number of hydrogen-bond donors (Lipinski definition) is 1. The molecular formula is C17H28N2O. The fourth-order valence-electron chi connectivity index (χ4n) is 3.00. The summed E-state index contributed by atoms with van der Waals surface area (Å²) in [5, 5.41) is 3.34. The Bertz CT molecular complexity index is 369. The Labute approximate surface area is 123 Å². The zero-order valence-electron chi connectivity index (χ0n) is 12.8. The van der Waals surface area contributed by atoms with Crippen LogP contribution in [0.25, 0.3) is 0 Å². The molecule has 112 valence electrons. The van der Waals surface area contributed by atoms with E-state index in [1.165, 1.54) is 24.9 Å². The molecule has 0 bridgehead atoms. The van der Waals surface area contributed by atoms with Crippen LogP contribution >= 0.6 is 0 Å². The van der Waals surface area contributed by atoms with Gasteiger partial charge in [0.25, 0.3) is 0 Å². The zero-order chi connectivity index (χ0) is 14.2. The molecule has 2 unspecified atom stereocenters. The molecule has 2 atom stereocenters. The second-order valence-corrected chi connectivity index (χ2v) is 5.61. The number of rotatable bonds is 7. The van der Waals surface area contributed by atoms with Crippen LogP contribution in [0.15, 0.2) is 30.3 Å². The van der Waals surface area contributed by atoms with Crippen LogP contribution in [-0.4, -0.2) is 44.3 Å². The SMILES string of the molecule is CCCOC1CCCN(C(CNC)c2ccccc2)C1. The van der Waals surface area contributed by atoms with Crippen LogP contribution in [0.4, 0.5) is 0 Å². The van der Waals surface area contributed by atoms with E-state index in [4.69, 9.17) is 4.74 Å². The minimum absolute atomic E-state index is 0.409. The number of likely N-dealkylation sites (N-methyl/N-ethyl adjacent to an activating group) is 1. The van der Waals surface area contributed by atoms with Crippen LogP contribution < -0.4 is 5.32 Å². The predicted octanol–water partition coefficient (Wildman–Crippen LogP) is 2.84. The molecule has 1 aliphatic heterocycles. The highest BCUT2D eigenvalue weighted by Gasteiger charge is 2.26. The van der Waals surface area contributed by atoms with Crippen molar-refractivity contribution in [2.75, 3.05) is 33.3 Å². The van der Waals surface area contributed by atoms with E-state index < -0.39 is 0 Å². The van der Waals surface area contributed by atoms with Gasteiger partial charge in [-0.2, -0.15) is 0 Å². The lowest BCUT2D eigenvalue weighted by molar-refractivity contribution is -0.0126. The Kier molecular flexibility index (Phi) is 6.51. The van der Waals surface area contributed by atoms with Crippen molar-refractivity contribution in [1.82, 2.24) is 10.2 Å². The quantitative estimate of drug-likeness (QED) is 0.829. The van der Waals surface area contributed by atoms with Gasteiger partial charge in [0.05, 0.1) is 6.10 Å². The minimum Gasteiger partial charge on any atom is -0.377 e. The standard InChI is InChI=1S/C17H28N2O/c1-3-12-20-16-10-7-11-19(14-16)17(13-18-2)15-8-5-4-6-9-15/h4-6,8-9,16-18H,3,7,10-14H2,1-2H3. The molecule has 0 radical (unpaired) electrons. The molecule has 0 aliphatic carbocycles. The molecule has 1 aromatic rings. The zero-order valence-corrected chi connectivity index (χ0v) is 12.8. The molecule has 0 spiro atoms. The Hall–Kier alpha value is -0.900. The molecule has 1 saturated heterocycles. The number of ether oxygens (including phenoxy) is 1. The summed E-state index contributed by atoms with van der Waals surface area (Å²) >= 11 is 0. The third-order valence-corrected chi connectivity index (χ3v) is 3.99. The lowest BCUT2D eigenvalue weighted by Gasteiger charge is -2.38. The van der Waals surface area contributed by atoms with Crippen molar-refractivity contribution in [1.29, 1.82) is 0 Å². The summed E-state index contributed by atoms with van der Waals surface area (Å²) in [6.07, 6.45) is 3.96. The van der Waals surface area contributed by atoms with Gasteiger partial charge in [-0.25, -0.2) is 0 Å². The van der Waals surface area contributed by atoms with Gasteiger partial charge in [0.2, 0.25) is 0 Å². The minimum atomic E-state index is 0.409. The molecule has 2 rings (SSSR count). The largest absolute Gasteiger partial charge is 0.377 e. The van der Waals surface area contributed by atoms with E-state index in [0.717, 1.165) is 26.1 Å². The maximum Gasteiger partial charge on any atom is 0.0702 e. The molecule has 0 saturated carbocycles. The predicted molar refractivity (Wildman–Crippen MR) is 83.9 cm³/mol. The van der Waals surface area contributed by atoms with Crippen molar-refractivity contribution in [3.05, 3.63) is 35.9 Å². The first-order valence-corrected chi connectivity index (χ1v) is 7.90. The number of nitrogens with zero attached hydrogens (tertiary/aromatic N) is 1. The van der Waals surface area contributed by atoms with Crippen molar-refractivity contribution in [2.24, 2.45) is 0 Å². The first kappa shape index (κ1) is 15.5. The number of nitrogens with one attached hydrogen (secondary N) is 1. The molecule has 3 nitrogen and oxygen atoms in total. The van der Waals surface area contributed by atoms with Gasteiger partial charge < -0.3 is 10.1 Å². The maximum absolute atomic E-state index is 5.96. The van der Waals surface area contributed by atoms with Crippen LogP contribution in [-0.2, 0) is 4.74 Å². The van der Waals surface area contributed by atoms with Crippen LogP contribution in [0.5, 0.6) is 0 Å². The first-order chi connectivity index (χ1) is 9.85. The van der Waals surface area contributed by atoms with Crippen LogP contribution in [0.1, 0.15) is 37.8 Å². The number of hydrogen-bond acceptors (Lipinski definition) is 3. The summed E-state index contributed by atoms with van der Waals surface area (Å²) in [6.45, 7) is 6.29. The third-order valence-electron chi connectivity index (χ3n) is 3.99. The lowest BCUT2D eigenvalue weighted by atomic mass is 10.0. The third kappa shape index (κ3) is 4.30. The fourth-order valence-corrected chi connectivity index (χ4v) is 3.00. The highest BCUT2D eigenvalue weighted by molar-refractivity contribution is 5.19. The first-order valence-electron chi connectivity index (χ1n) is 7.90. The van der Waals surface area contributed by atoms with Crippen LogP contribution in [0, 0.1) is 0 Å². The van der Waals surface area contributed by atoms with Gasteiger partial charge in [-0.15, -0.1) is 0 Å². The van der Waals surface area contributed by atoms with Gasteiger partial charge >= 0.3 is 0 Å². The van der Waals surface area contributed by atoms with Crippen molar-refractivity contribution in [2.45, 2.75) is 38.3 Å². The normalized spacial score (nSPS) is 21.8. The van der Waals surface area contributed by atoms with Gasteiger partial charge in [0, 0.05) is 25.7 Å². The highest BCUT2D eigenvalue weighted by Crippen LogP contribution is 2.25. The Morgan fingerprint density at radius 2 is 2.15 bits per heavy atom. The molecule has 1 N–H and O–H groups in total. The van der Waals surface area contributed by atoms with Gasteiger partial charge in [-0.05, 0) is 38.4 Å². The molecule has 3 heteroatoms. The van der Waals surface area contributed by atoms with E-state index in [1.54, 1.807) is 0 Å². The van der Waals surface area contributed by atoms with Gasteiger partial charge in [0.1, 0.15) is 0 Å². The maximum atomic E-state index is 5.96. The lowest BCUT2D eigenvalue weighted by Crippen LogP contribution is -2.44. The van der Waals surface area contributed by atoms with E-state index in [-0.39, 0.29) is 0 Å². The number of benzene rings is 1. The van der Waals surface area contributed by atoms with Crippen molar-refractivity contribution in [3.8, 4) is 0 Å². The van der Waals surface area contributed by atoms with E-state index in [0.29, 0.717) is 12.1 Å². The summed E-state index contributed by atoms with van der Waals surface area (Å²) in [4.78, 5) is 2.58. The van der Waals surface area contributed by atoms with Crippen molar-refractivity contribution >= 4 is 0 Å². The van der Waals surface area contributed by atoms with Crippen molar-refractivity contribution in [3.63, 3.8) is 0 Å². The Morgan fingerprint density at radius 1 is 1.35 bits per heavy atom. The molecule has 1 heterocycles. The molecule has 1 aliphatic rings. The average molecular weight is 276 g/mol. The summed E-state index contributed by atoms with van der Waals surface area (Å²) in [5.41, 5.74) is 1.40. The van der Waals surface area contributed by atoms with Gasteiger partial charge in [-0.1, -0.05) is 37.3 Å². The van der Waals surface area contributed by atoms with E-state index in [1.807, 2.05) is 7.05 Å². The van der Waals surface area contributed by atoms with E-state index in [9.17, 15) is 0 Å². The van der Waals surface area contributed by atoms with E-state index >= 15 is 0 Å². The summed E-state index contributed by atoms with van der Waals surface area (Å²) in [5.74, 6) is 0. The summed E-state index contributed by atoms with van der Waals surface area (Å²) in [6, 6.07) is 11.3. The van der Waals surface area contributed by atoms with Gasteiger partial charge in [0.15, 0.2) is 0 Å². The average Bonchev–Trinajstić information content (AvgIpc) is 2.52. The second-order valence-electron chi connectivity index (χ2n) is 5.61. The van der Waals surface area contributed by atoms with Crippen molar-refractivity contribution < 1.29 is 4.74 Å². The monoisotopic (exact) mass is 276 g/mol. The van der Waals surface area contributed by atoms with Crippen LogP contribution in [0.3, 0.4) is 0 Å². The highest BCUT2D eigenvalue weighted by atomic mass is 16.5. The molecule has 0 aromatic heterocycles. The molecule has 0 amide bonds. The Balaban J connectivity index is 2.01.